The van der Waals surface area contributed by atoms with Gasteiger partial charge in [-0.15, -0.1) is 0 Å². The summed E-state index contributed by atoms with van der Waals surface area (Å²) in [4.78, 5) is 24.7. The quantitative estimate of drug-likeness (QED) is 0.829. The topological polar surface area (TPSA) is 63.4 Å². The van der Waals surface area contributed by atoms with Crippen LogP contribution in [0.4, 0.5) is 11.4 Å². The molecule has 0 spiro atoms. The van der Waals surface area contributed by atoms with Crippen LogP contribution in [0.15, 0.2) is 18.2 Å². The summed E-state index contributed by atoms with van der Waals surface area (Å²) in [5, 5.41) is 0.0850. The van der Waals surface area contributed by atoms with Gasteiger partial charge in [-0.2, -0.15) is 0 Å². The van der Waals surface area contributed by atoms with E-state index in [-0.39, 0.29) is 16.3 Å². The highest BCUT2D eigenvalue weighted by molar-refractivity contribution is 8.14. The summed E-state index contributed by atoms with van der Waals surface area (Å²) >= 11 is 1.23. The number of carbonyl (C=O) groups is 2. The molecule has 4 nitrogen and oxygen atoms in total. The largest absolute Gasteiger partial charge is 0.397 e. The van der Waals surface area contributed by atoms with Gasteiger partial charge in [0, 0.05) is 25.1 Å². The zero-order chi connectivity index (χ0) is 13.3. The smallest absolute Gasteiger partial charge is 0.228 e. The number of rotatable bonds is 2. The van der Waals surface area contributed by atoms with E-state index in [1.807, 2.05) is 25.1 Å². The first-order valence-electron chi connectivity index (χ1n) is 5.81. The SMILES string of the molecule is CC(=O)SC1CC(=O)N(c2cccc(C)c2N)C1. The van der Waals surface area contributed by atoms with Crippen molar-refractivity contribution in [1.82, 2.24) is 0 Å². The minimum absolute atomic E-state index is 0.0334. The van der Waals surface area contributed by atoms with E-state index in [9.17, 15) is 9.59 Å². The Kier molecular flexibility index (Phi) is 3.61. The van der Waals surface area contributed by atoms with Crippen molar-refractivity contribution in [2.45, 2.75) is 25.5 Å². The van der Waals surface area contributed by atoms with E-state index in [0.717, 1.165) is 11.3 Å². The van der Waals surface area contributed by atoms with E-state index in [0.29, 0.717) is 18.7 Å². The van der Waals surface area contributed by atoms with E-state index in [4.69, 9.17) is 5.73 Å². The Morgan fingerprint density at radius 2 is 2.22 bits per heavy atom. The highest BCUT2D eigenvalue weighted by atomic mass is 32.2. The van der Waals surface area contributed by atoms with Crippen LogP contribution < -0.4 is 10.6 Å². The van der Waals surface area contributed by atoms with Crippen molar-refractivity contribution in [3.8, 4) is 0 Å². The fraction of sp³-hybridized carbons (Fsp3) is 0.385. The summed E-state index contributed by atoms with van der Waals surface area (Å²) in [5.41, 5.74) is 8.36. The number of nitrogen functional groups attached to an aromatic ring is 1. The molecule has 0 radical (unpaired) electrons. The van der Waals surface area contributed by atoms with Crippen molar-refractivity contribution in [3.63, 3.8) is 0 Å². The Balaban J connectivity index is 2.22. The Bertz CT molecular complexity index is 502. The molecule has 2 rings (SSSR count). The molecule has 5 heteroatoms. The minimum Gasteiger partial charge on any atom is -0.397 e. The third-order valence-corrected chi connectivity index (χ3v) is 4.00. The first-order chi connectivity index (χ1) is 8.49. The molecule has 1 aromatic carbocycles. The Labute approximate surface area is 111 Å². The van der Waals surface area contributed by atoms with Crippen LogP contribution >= 0.6 is 11.8 Å². The van der Waals surface area contributed by atoms with Gasteiger partial charge in [-0.25, -0.2) is 0 Å². The number of carbonyl (C=O) groups excluding carboxylic acids is 2. The molecular formula is C13H16N2O2S. The second-order valence-corrected chi connectivity index (χ2v) is 5.92. The number of para-hydroxylation sites is 1. The molecule has 1 aliphatic heterocycles. The molecule has 0 saturated carbocycles. The van der Waals surface area contributed by atoms with E-state index >= 15 is 0 Å². The summed E-state index contributed by atoms with van der Waals surface area (Å²) in [7, 11) is 0. The van der Waals surface area contributed by atoms with Gasteiger partial charge in [0.25, 0.3) is 0 Å². The highest BCUT2D eigenvalue weighted by Crippen LogP contribution is 2.33. The maximum Gasteiger partial charge on any atom is 0.228 e. The lowest BCUT2D eigenvalue weighted by Crippen LogP contribution is -2.26. The maximum atomic E-state index is 12.0. The van der Waals surface area contributed by atoms with Crippen LogP contribution in [0.1, 0.15) is 18.9 Å². The summed E-state index contributed by atoms with van der Waals surface area (Å²) < 4.78 is 0. The monoisotopic (exact) mass is 264 g/mol. The number of nitrogens with two attached hydrogens (primary N) is 1. The van der Waals surface area contributed by atoms with Gasteiger partial charge in [-0.05, 0) is 18.6 Å². The van der Waals surface area contributed by atoms with Crippen LogP contribution in [0.3, 0.4) is 0 Å². The standard InChI is InChI=1S/C13H16N2O2S/c1-8-4-3-5-11(13(8)14)15-7-10(6-12(15)17)18-9(2)16/h3-5,10H,6-7,14H2,1-2H3. The van der Waals surface area contributed by atoms with Crippen LogP contribution in [0.2, 0.25) is 0 Å². The average Bonchev–Trinajstić information content (AvgIpc) is 2.62. The summed E-state index contributed by atoms with van der Waals surface area (Å²) in [6, 6.07) is 5.65. The van der Waals surface area contributed by atoms with Gasteiger partial charge in [-0.3, -0.25) is 9.59 Å². The molecule has 1 aromatic rings. The number of hydrogen-bond acceptors (Lipinski definition) is 4. The molecule has 2 N–H and O–H groups in total. The molecule has 18 heavy (non-hydrogen) atoms. The van der Waals surface area contributed by atoms with Gasteiger partial charge >= 0.3 is 0 Å². The molecule has 0 aromatic heterocycles. The third-order valence-electron chi connectivity index (χ3n) is 3.01. The highest BCUT2D eigenvalue weighted by Gasteiger charge is 2.32. The first kappa shape index (κ1) is 13.0. The summed E-state index contributed by atoms with van der Waals surface area (Å²) in [6.07, 6.45) is 0.400. The van der Waals surface area contributed by atoms with Crippen molar-refractivity contribution in [3.05, 3.63) is 23.8 Å². The zero-order valence-electron chi connectivity index (χ0n) is 10.5. The molecule has 1 atom stereocenters. The second-order valence-electron chi connectivity index (χ2n) is 4.45. The first-order valence-corrected chi connectivity index (χ1v) is 6.69. The third kappa shape index (κ3) is 2.51. The summed E-state index contributed by atoms with van der Waals surface area (Å²) in [5.74, 6) is 0.0334. The molecule has 1 heterocycles. The van der Waals surface area contributed by atoms with Crippen LogP contribution in [0.5, 0.6) is 0 Å². The van der Waals surface area contributed by atoms with Gasteiger partial charge < -0.3 is 10.6 Å². The number of benzene rings is 1. The van der Waals surface area contributed by atoms with E-state index in [2.05, 4.69) is 0 Å². The van der Waals surface area contributed by atoms with Crippen LogP contribution in [-0.4, -0.2) is 22.8 Å². The molecular weight excluding hydrogens is 248 g/mol. The van der Waals surface area contributed by atoms with Crippen molar-refractivity contribution >= 4 is 34.2 Å². The average molecular weight is 264 g/mol. The van der Waals surface area contributed by atoms with Gasteiger partial charge in [0.2, 0.25) is 5.91 Å². The van der Waals surface area contributed by atoms with Crippen LogP contribution in [0.25, 0.3) is 0 Å². The number of aryl methyl sites for hydroxylation is 1. The van der Waals surface area contributed by atoms with Gasteiger partial charge in [0.1, 0.15) is 0 Å². The van der Waals surface area contributed by atoms with Crippen molar-refractivity contribution in [2.24, 2.45) is 0 Å². The van der Waals surface area contributed by atoms with Crippen LogP contribution in [0, 0.1) is 6.92 Å². The zero-order valence-corrected chi connectivity index (χ0v) is 11.3. The lowest BCUT2D eigenvalue weighted by atomic mass is 10.1. The number of nitrogens with zero attached hydrogens (tertiary/aromatic N) is 1. The van der Waals surface area contributed by atoms with E-state index in [1.54, 1.807) is 4.90 Å². The van der Waals surface area contributed by atoms with Gasteiger partial charge in [0.15, 0.2) is 5.12 Å². The normalized spacial score (nSPS) is 19.3. The van der Waals surface area contributed by atoms with Crippen molar-refractivity contribution in [2.75, 3.05) is 17.2 Å². The predicted molar refractivity (Wildman–Crippen MR) is 74.6 cm³/mol. The van der Waals surface area contributed by atoms with Crippen molar-refractivity contribution < 1.29 is 9.59 Å². The Hall–Kier alpha value is -1.49. The molecule has 1 fully saturated rings. The number of thioether (sulfide) groups is 1. The Morgan fingerprint density at radius 1 is 1.50 bits per heavy atom. The predicted octanol–water partition coefficient (Wildman–Crippen LogP) is 1.96. The van der Waals surface area contributed by atoms with E-state index < -0.39 is 0 Å². The molecule has 0 bridgehead atoms. The minimum atomic E-state index is 0.0334. The van der Waals surface area contributed by atoms with Gasteiger partial charge in [0.05, 0.1) is 11.4 Å². The lowest BCUT2D eigenvalue weighted by Gasteiger charge is -2.19. The number of anilines is 2. The summed E-state index contributed by atoms with van der Waals surface area (Å²) in [6.45, 7) is 4.00. The molecule has 1 unspecified atom stereocenters. The maximum absolute atomic E-state index is 12.0. The Morgan fingerprint density at radius 3 is 2.89 bits per heavy atom. The van der Waals surface area contributed by atoms with Crippen molar-refractivity contribution in [1.29, 1.82) is 0 Å². The van der Waals surface area contributed by atoms with Gasteiger partial charge in [-0.1, -0.05) is 23.9 Å². The fourth-order valence-electron chi connectivity index (χ4n) is 2.12. The number of hydrogen-bond donors (Lipinski definition) is 1. The number of amides is 1. The lowest BCUT2D eigenvalue weighted by molar-refractivity contribution is -0.117. The molecule has 1 aliphatic rings. The van der Waals surface area contributed by atoms with Crippen LogP contribution in [-0.2, 0) is 9.59 Å². The molecule has 1 amide bonds. The fourth-order valence-corrected chi connectivity index (χ4v) is 3.04. The molecule has 1 saturated heterocycles. The molecule has 96 valence electrons. The van der Waals surface area contributed by atoms with E-state index in [1.165, 1.54) is 18.7 Å². The second kappa shape index (κ2) is 5.02. The molecule has 0 aliphatic carbocycles.